The maximum absolute atomic E-state index is 13.7. The molecular formula is C28H27N3O3. The highest BCUT2D eigenvalue weighted by Crippen LogP contribution is 2.46. The van der Waals surface area contributed by atoms with E-state index >= 15 is 0 Å². The zero-order chi connectivity index (χ0) is 23.2. The minimum Gasteiger partial charge on any atom is -0.494 e. The van der Waals surface area contributed by atoms with Crippen LogP contribution in [-0.2, 0) is 0 Å². The molecule has 1 atom stereocenters. The number of ether oxygens (including phenoxy) is 1. The molecule has 3 aromatic carbocycles. The van der Waals surface area contributed by atoms with Gasteiger partial charge in [-0.05, 0) is 56.0 Å². The van der Waals surface area contributed by atoms with E-state index in [1.807, 2.05) is 55.5 Å². The second-order valence-corrected chi connectivity index (χ2v) is 9.20. The van der Waals surface area contributed by atoms with E-state index in [1.165, 1.54) is 6.42 Å². The third kappa shape index (κ3) is 3.33. The van der Waals surface area contributed by atoms with Crippen LogP contribution in [0, 0.1) is 5.92 Å². The number of ketones is 1. The van der Waals surface area contributed by atoms with Crippen LogP contribution in [0.4, 0.5) is 17.1 Å². The average molecular weight is 454 g/mol. The fraction of sp³-hybridized carbons (Fsp3) is 0.286. The van der Waals surface area contributed by atoms with Crippen molar-refractivity contribution in [1.82, 2.24) is 5.16 Å². The summed E-state index contributed by atoms with van der Waals surface area (Å²) in [7, 11) is 0. The largest absolute Gasteiger partial charge is 0.494 e. The van der Waals surface area contributed by atoms with Crippen molar-refractivity contribution in [3.05, 3.63) is 65.7 Å². The number of benzene rings is 3. The minimum absolute atomic E-state index is 0.0108. The molecule has 0 amide bonds. The van der Waals surface area contributed by atoms with Crippen LogP contribution in [0.5, 0.6) is 5.75 Å². The average Bonchev–Trinajstić information content (AvgIpc) is 3.29. The summed E-state index contributed by atoms with van der Waals surface area (Å²) in [6.45, 7) is 6.80. The predicted octanol–water partition coefficient (Wildman–Crippen LogP) is 6.42. The Balaban J connectivity index is 1.54. The summed E-state index contributed by atoms with van der Waals surface area (Å²) in [4.78, 5) is 16.1. The quantitative estimate of drug-likeness (QED) is 0.331. The van der Waals surface area contributed by atoms with Crippen molar-refractivity contribution in [3.63, 3.8) is 0 Å². The van der Waals surface area contributed by atoms with Crippen LogP contribution in [0.3, 0.4) is 0 Å². The lowest BCUT2D eigenvalue weighted by atomic mass is 9.86. The van der Waals surface area contributed by atoms with Gasteiger partial charge in [0.15, 0.2) is 11.5 Å². The fourth-order valence-electron chi connectivity index (χ4n) is 5.25. The Morgan fingerprint density at radius 3 is 2.71 bits per heavy atom. The van der Waals surface area contributed by atoms with Gasteiger partial charge in [0.25, 0.3) is 0 Å². The van der Waals surface area contributed by atoms with Crippen molar-refractivity contribution >= 4 is 33.7 Å². The van der Waals surface area contributed by atoms with Gasteiger partial charge < -0.3 is 19.5 Å². The van der Waals surface area contributed by atoms with E-state index in [4.69, 9.17) is 9.26 Å². The van der Waals surface area contributed by atoms with E-state index < -0.39 is 0 Å². The Hall–Kier alpha value is -3.80. The molecule has 34 heavy (non-hydrogen) atoms. The third-order valence-electron chi connectivity index (χ3n) is 6.82. The first-order valence-corrected chi connectivity index (χ1v) is 12.0. The monoisotopic (exact) mass is 453 g/mol. The normalized spacial score (nSPS) is 17.1. The Morgan fingerprint density at radius 2 is 1.94 bits per heavy atom. The number of nitrogens with zero attached hydrogens (tertiary/aromatic N) is 2. The molecule has 0 bridgehead atoms. The molecule has 1 aromatic heterocycles. The summed E-state index contributed by atoms with van der Waals surface area (Å²) in [5, 5.41) is 8.81. The molecule has 1 N–H and O–H groups in total. The van der Waals surface area contributed by atoms with Gasteiger partial charge in [-0.25, -0.2) is 0 Å². The molecule has 0 radical (unpaired) electrons. The molecule has 0 spiro atoms. The number of anilines is 3. The lowest BCUT2D eigenvalue weighted by Gasteiger charge is -2.33. The van der Waals surface area contributed by atoms with Gasteiger partial charge in [0, 0.05) is 29.9 Å². The number of carbonyl (C=O) groups excluding carboxylic acids is 1. The number of carbonyl (C=O) groups is 1. The van der Waals surface area contributed by atoms with Crippen molar-refractivity contribution in [2.24, 2.45) is 5.92 Å². The van der Waals surface area contributed by atoms with Crippen LogP contribution >= 0.6 is 0 Å². The summed E-state index contributed by atoms with van der Waals surface area (Å²) in [5.41, 5.74) is 5.50. The Morgan fingerprint density at radius 1 is 1.15 bits per heavy atom. The Bertz CT molecular complexity index is 1390. The molecule has 1 aliphatic heterocycles. The van der Waals surface area contributed by atoms with Gasteiger partial charge in [0.05, 0.1) is 28.9 Å². The Labute approximate surface area is 198 Å². The molecule has 1 aliphatic carbocycles. The van der Waals surface area contributed by atoms with Crippen LogP contribution < -0.4 is 15.0 Å². The molecule has 6 heteroatoms. The van der Waals surface area contributed by atoms with Crippen LogP contribution in [0.25, 0.3) is 22.2 Å². The van der Waals surface area contributed by atoms with E-state index in [1.54, 1.807) is 0 Å². The second-order valence-electron chi connectivity index (χ2n) is 9.20. The first-order valence-electron chi connectivity index (χ1n) is 12.0. The molecular weight excluding hydrogens is 426 g/mol. The van der Waals surface area contributed by atoms with Crippen LogP contribution in [-0.4, -0.2) is 30.6 Å². The SMILES string of the molecule is CCOc1ccc(Nc2cc(N3CCC[C@@H](C)C3)c3noc4c3c2C(=O)c2ccccc2-4)cc1. The van der Waals surface area contributed by atoms with Crippen molar-refractivity contribution < 1.29 is 14.1 Å². The van der Waals surface area contributed by atoms with E-state index in [0.717, 1.165) is 58.8 Å². The van der Waals surface area contributed by atoms with Crippen LogP contribution in [0.2, 0.25) is 0 Å². The van der Waals surface area contributed by atoms with Crippen molar-refractivity contribution in [1.29, 1.82) is 0 Å². The summed E-state index contributed by atoms with van der Waals surface area (Å²) in [6, 6.07) is 17.5. The van der Waals surface area contributed by atoms with Crippen LogP contribution in [0.1, 0.15) is 42.6 Å². The molecule has 172 valence electrons. The highest BCUT2D eigenvalue weighted by atomic mass is 16.5. The molecule has 2 aliphatic rings. The molecule has 4 aromatic rings. The van der Waals surface area contributed by atoms with E-state index in [0.29, 0.717) is 29.4 Å². The number of piperidine rings is 1. The summed E-state index contributed by atoms with van der Waals surface area (Å²) in [5.74, 6) is 2.08. The lowest BCUT2D eigenvalue weighted by Crippen LogP contribution is -2.34. The summed E-state index contributed by atoms with van der Waals surface area (Å²) >= 11 is 0. The van der Waals surface area contributed by atoms with Crippen molar-refractivity contribution in [3.8, 4) is 17.1 Å². The minimum atomic E-state index is -0.0108. The standard InChI is InChI=1S/C28H27N3O3/c1-3-33-19-12-10-18(11-13-19)29-22-15-23(31-14-6-7-17(2)16-31)26-25-24(22)27(32)20-8-4-5-9-21(20)28(25)34-30-26/h4-5,8-13,15,17,29H,3,6-7,14,16H2,1-2H3/t17-/m1/s1. The van der Waals surface area contributed by atoms with E-state index in [2.05, 4.69) is 28.4 Å². The molecule has 6 rings (SSSR count). The van der Waals surface area contributed by atoms with Gasteiger partial charge in [0.2, 0.25) is 0 Å². The van der Waals surface area contributed by atoms with Gasteiger partial charge in [-0.1, -0.05) is 36.3 Å². The molecule has 1 fully saturated rings. The van der Waals surface area contributed by atoms with Crippen molar-refractivity contribution in [2.45, 2.75) is 26.7 Å². The number of hydrogen-bond donors (Lipinski definition) is 1. The summed E-state index contributed by atoms with van der Waals surface area (Å²) in [6.07, 6.45) is 2.36. The number of hydrogen-bond acceptors (Lipinski definition) is 6. The van der Waals surface area contributed by atoms with E-state index in [9.17, 15) is 4.79 Å². The van der Waals surface area contributed by atoms with Gasteiger partial charge in [-0.15, -0.1) is 0 Å². The predicted molar refractivity (Wildman–Crippen MR) is 134 cm³/mol. The maximum atomic E-state index is 13.7. The number of rotatable bonds is 5. The van der Waals surface area contributed by atoms with Gasteiger partial charge >= 0.3 is 0 Å². The highest BCUT2D eigenvalue weighted by Gasteiger charge is 2.34. The molecule has 2 heterocycles. The highest BCUT2D eigenvalue weighted by molar-refractivity contribution is 6.28. The number of fused-ring (bicyclic) bond motifs is 2. The second kappa shape index (κ2) is 8.20. The third-order valence-corrected chi connectivity index (χ3v) is 6.82. The van der Waals surface area contributed by atoms with Gasteiger partial charge in [0.1, 0.15) is 11.3 Å². The van der Waals surface area contributed by atoms with Gasteiger partial charge in [-0.3, -0.25) is 4.79 Å². The number of nitrogens with one attached hydrogen (secondary N) is 1. The zero-order valence-electron chi connectivity index (χ0n) is 19.4. The molecule has 6 nitrogen and oxygen atoms in total. The Kier molecular flexibility index (Phi) is 5.01. The zero-order valence-corrected chi connectivity index (χ0v) is 19.4. The fourth-order valence-corrected chi connectivity index (χ4v) is 5.25. The lowest BCUT2D eigenvalue weighted by molar-refractivity contribution is 0.104. The first-order chi connectivity index (χ1) is 16.6. The van der Waals surface area contributed by atoms with E-state index in [-0.39, 0.29) is 5.78 Å². The smallest absolute Gasteiger partial charge is 0.196 e. The first kappa shape index (κ1) is 20.8. The molecule has 0 unspecified atom stereocenters. The maximum Gasteiger partial charge on any atom is 0.196 e. The molecule has 0 saturated carbocycles. The van der Waals surface area contributed by atoms with Crippen LogP contribution in [0.15, 0.2) is 59.1 Å². The van der Waals surface area contributed by atoms with Gasteiger partial charge in [-0.2, -0.15) is 0 Å². The summed E-state index contributed by atoms with van der Waals surface area (Å²) < 4.78 is 11.5. The molecule has 1 saturated heterocycles. The van der Waals surface area contributed by atoms with Crippen molar-refractivity contribution in [2.75, 3.05) is 29.9 Å². The topological polar surface area (TPSA) is 67.6 Å². The number of aromatic nitrogens is 1.